The van der Waals surface area contributed by atoms with Gasteiger partial charge in [-0.05, 0) is 46.6 Å². The third-order valence-corrected chi connectivity index (χ3v) is 4.46. The van der Waals surface area contributed by atoms with Crippen LogP contribution in [0.1, 0.15) is 12.5 Å². The van der Waals surface area contributed by atoms with Crippen LogP contribution in [0.15, 0.2) is 46.0 Å². The minimum atomic E-state index is 0.0544. The summed E-state index contributed by atoms with van der Waals surface area (Å²) in [6.07, 6.45) is 1.57. The Kier molecular flexibility index (Phi) is 4.59. The highest BCUT2D eigenvalue weighted by Gasteiger charge is 2.09. The molecule has 3 N–H and O–H groups in total. The Labute approximate surface area is 162 Å². The van der Waals surface area contributed by atoms with Crippen LogP contribution in [0.3, 0.4) is 0 Å². The summed E-state index contributed by atoms with van der Waals surface area (Å²) in [7, 11) is 0. The largest absolute Gasteiger partial charge is 0.503 e. The fraction of sp³-hybridized carbons (Fsp3) is 0.111. The molecule has 0 saturated carbocycles. The fourth-order valence-corrected chi connectivity index (χ4v) is 3.13. The zero-order chi connectivity index (χ0) is 18.8. The molecule has 2 aromatic carbocycles. The number of phenols is 1. The normalized spacial score (nSPS) is 11.5. The van der Waals surface area contributed by atoms with Gasteiger partial charge in [-0.25, -0.2) is 5.43 Å². The van der Waals surface area contributed by atoms with E-state index in [0.29, 0.717) is 28.0 Å². The predicted octanol–water partition coefficient (Wildman–Crippen LogP) is 3.82. The molecule has 2 aromatic heterocycles. The van der Waals surface area contributed by atoms with E-state index in [1.807, 2.05) is 31.2 Å². The van der Waals surface area contributed by atoms with E-state index < -0.39 is 0 Å². The van der Waals surface area contributed by atoms with Crippen molar-refractivity contribution in [2.45, 2.75) is 6.92 Å². The van der Waals surface area contributed by atoms with E-state index >= 15 is 0 Å². The van der Waals surface area contributed by atoms with Gasteiger partial charge in [-0.2, -0.15) is 10.1 Å². The molecular formula is C18H15BrN6O2. The number of fused-ring (bicyclic) bond motifs is 3. The van der Waals surface area contributed by atoms with E-state index in [9.17, 15) is 5.11 Å². The number of para-hydroxylation sites is 1. The molecule has 0 fully saturated rings. The second-order valence-corrected chi connectivity index (χ2v) is 6.51. The Bertz CT molecular complexity index is 1160. The van der Waals surface area contributed by atoms with Gasteiger partial charge in [0.25, 0.3) is 5.95 Å². The van der Waals surface area contributed by atoms with Crippen molar-refractivity contribution in [1.29, 1.82) is 0 Å². The van der Waals surface area contributed by atoms with Gasteiger partial charge in [0.15, 0.2) is 17.1 Å². The first-order chi connectivity index (χ1) is 13.2. The first-order valence-corrected chi connectivity index (χ1v) is 9.00. The zero-order valence-corrected chi connectivity index (χ0v) is 15.9. The van der Waals surface area contributed by atoms with Gasteiger partial charge < -0.3 is 14.8 Å². The predicted molar refractivity (Wildman–Crippen MR) is 107 cm³/mol. The maximum atomic E-state index is 9.95. The van der Waals surface area contributed by atoms with Gasteiger partial charge in [0.05, 0.1) is 17.3 Å². The van der Waals surface area contributed by atoms with Crippen molar-refractivity contribution in [3.8, 4) is 11.5 Å². The van der Waals surface area contributed by atoms with E-state index in [2.05, 4.69) is 46.6 Å². The Balaban J connectivity index is 1.57. The highest BCUT2D eigenvalue weighted by atomic mass is 79.9. The number of halogens is 1. The van der Waals surface area contributed by atoms with E-state index in [1.165, 1.54) is 0 Å². The molecule has 0 aliphatic rings. The number of nitrogens with zero attached hydrogens (tertiary/aromatic N) is 4. The molecule has 0 saturated heterocycles. The number of nitrogens with one attached hydrogen (secondary N) is 2. The topological polar surface area (TPSA) is 108 Å². The summed E-state index contributed by atoms with van der Waals surface area (Å²) in [6.45, 7) is 2.29. The monoisotopic (exact) mass is 426 g/mol. The lowest BCUT2D eigenvalue weighted by Crippen LogP contribution is -1.99. The van der Waals surface area contributed by atoms with E-state index in [0.717, 1.165) is 16.5 Å². The fourth-order valence-electron chi connectivity index (χ4n) is 2.67. The number of aromatic hydroxyl groups is 1. The molecule has 0 atom stereocenters. The first-order valence-electron chi connectivity index (χ1n) is 8.21. The van der Waals surface area contributed by atoms with Crippen molar-refractivity contribution >= 4 is 50.2 Å². The van der Waals surface area contributed by atoms with Crippen LogP contribution in [0, 0.1) is 0 Å². The maximum Gasteiger partial charge on any atom is 0.265 e. The minimum absolute atomic E-state index is 0.0544. The number of anilines is 1. The molecular weight excluding hydrogens is 412 g/mol. The second kappa shape index (κ2) is 7.20. The number of benzene rings is 2. The lowest BCUT2D eigenvalue weighted by atomic mass is 10.2. The van der Waals surface area contributed by atoms with Crippen molar-refractivity contribution in [1.82, 2.24) is 20.2 Å². The van der Waals surface area contributed by atoms with Crippen molar-refractivity contribution < 1.29 is 9.84 Å². The van der Waals surface area contributed by atoms with E-state index in [4.69, 9.17) is 4.74 Å². The molecule has 0 unspecified atom stereocenters. The van der Waals surface area contributed by atoms with Crippen LogP contribution in [0.5, 0.6) is 11.5 Å². The van der Waals surface area contributed by atoms with Gasteiger partial charge >= 0.3 is 0 Å². The lowest BCUT2D eigenvalue weighted by molar-refractivity contribution is 0.317. The molecule has 9 heteroatoms. The van der Waals surface area contributed by atoms with E-state index in [-0.39, 0.29) is 11.7 Å². The van der Waals surface area contributed by atoms with Crippen LogP contribution in [-0.4, -0.2) is 38.1 Å². The Morgan fingerprint density at radius 2 is 2.15 bits per heavy atom. The third kappa shape index (κ3) is 3.41. The van der Waals surface area contributed by atoms with Gasteiger partial charge in [-0.15, -0.1) is 10.2 Å². The molecule has 136 valence electrons. The van der Waals surface area contributed by atoms with Crippen LogP contribution in [0.2, 0.25) is 0 Å². The van der Waals surface area contributed by atoms with Gasteiger partial charge in [0.1, 0.15) is 5.52 Å². The van der Waals surface area contributed by atoms with Crippen molar-refractivity contribution in [3.05, 3.63) is 46.4 Å². The summed E-state index contributed by atoms with van der Waals surface area (Å²) < 4.78 is 5.92. The zero-order valence-electron chi connectivity index (χ0n) is 14.3. The van der Waals surface area contributed by atoms with Gasteiger partial charge in [0, 0.05) is 10.9 Å². The number of ether oxygens (including phenoxy) is 1. The Morgan fingerprint density at radius 1 is 1.30 bits per heavy atom. The lowest BCUT2D eigenvalue weighted by Gasteiger charge is -2.08. The molecule has 0 bridgehead atoms. The number of phenolic OH excluding ortho intramolecular Hbond substituents is 1. The van der Waals surface area contributed by atoms with E-state index in [1.54, 1.807) is 18.3 Å². The third-order valence-electron chi connectivity index (χ3n) is 3.85. The van der Waals surface area contributed by atoms with Crippen LogP contribution < -0.4 is 10.2 Å². The summed E-state index contributed by atoms with van der Waals surface area (Å²) in [5, 5.41) is 23.3. The maximum absolute atomic E-state index is 9.95. The average Bonchev–Trinajstić information content (AvgIpc) is 3.03. The first kappa shape index (κ1) is 17.2. The summed E-state index contributed by atoms with van der Waals surface area (Å²) in [5.41, 5.74) is 5.79. The van der Waals surface area contributed by atoms with Crippen LogP contribution in [-0.2, 0) is 0 Å². The van der Waals surface area contributed by atoms with Crippen LogP contribution >= 0.6 is 15.9 Å². The molecule has 0 spiro atoms. The number of hydrazone groups is 1. The van der Waals surface area contributed by atoms with Gasteiger partial charge in [-0.3, -0.25) is 0 Å². The van der Waals surface area contributed by atoms with Gasteiger partial charge in [-0.1, -0.05) is 18.2 Å². The molecule has 2 heterocycles. The number of hydrogen-bond acceptors (Lipinski definition) is 7. The Hall–Kier alpha value is -3.20. The molecule has 0 radical (unpaired) electrons. The number of aromatic nitrogens is 4. The number of H-pyrrole nitrogens is 1. The molecule has 8 nitrogen and oxygen atoms in total. The molecule has 0 aliphatic carbocycles. The highest BCUT2D eigenvalue weighted by molar-refractivity contribution is 9.10. The van der Waals surface area contributed by atoms with Crippen LogP contribution in [0.4, 0.5) is 5.95 Å². The summed E-state index contributed by atoms with van der Waals surface area (Å²) in [4.78, 5) is 7.60. The average molecular weight is 427 g/mol. The SMILES string of the molecule is CCOc1cc(/C=N\Nc2nnc3c(n2)[nH]c2ccccc23)cc(Br)c1O. The summed E-state index contributed by atoms with van der Waals surface area (Å²) in [5.74, 6) is 0.706. The highest BCUT2D eigenvalue weighted by Crippen LogP contribution is 2.35. The van der Waals surface area contributed by atoms with Crippen LogP contribution in [0.25, 0.3) is 22.1 Å². The molecule has 4 rings (SSSR count). The van der Waals surface area contributed by atoms with Crippen molar-refractivity contribution in [3.63, 3.8) is 0 Å². The van der Waals surface area contributed by atoms with Gasteiger partial charge in [0.2, 0.25) is 0 Å². The quantitative estimate of drug-likeness (QED) is 0.330. The molecule has 0 amide bonds. The van der Waals surface area contributed by atoms with Crippen molar-refractivity contribution in [2.75, 3.05) is 12.0 Å². The molecule has 0 aliphatic heterocycles. The Morgan fingerprint density at radius 3 is 3.00 bits per heavy atom. The van der Waals surface area contributed by atoms with Crippen molar-refractivity contribution in [2.24, 2.45) is 5.10 Å². The number of hydrogen-bond donors (Lipinski definition) is 3. The summed E-state index contributed by atoms with van der Waals surface area (Å²) >= 11 is 3.30. The smallest absolute Gasteiger partial charge is 0.265 e. The minimum Gasteiger partial charge on any atom is -0.503 e. The molecule has 27 heavy (non-hydrogen) atoms. The molecule has 4 aromatic rings. The standard InChI is InChI=1S/C18H15BrN6O2/c1-2-27-14-8-10(7-12(19)16(14)26)9-20-24-18-22-17-15(23-25-18)11-5-3-4-6-13(11)21-17/h3-9,26H,2H2,1H3,(H2,21,22,24,25)/b20-9-. The number of aromatic amines is 1. The number of rotatable bonds is 5. The summed E-state index contributed by atoms with van der Waals surface area (Å²) in [6, 6.07) is 11.2. The second-order valence-electron chi connectivity index (χ2n) is 5.66.